The van der Waals surface area contributed by atoms with E-state index < -0.39 is 0 Å². The first-order valence-corrected chi connectivity index (χ1v) is 8.72. The molecule has 1 aromatic rings. The molecular weight excluding hydrogens is 260 g/mol. The molecule has 0 aliphatic carbocycles. The monoisotopic (exact) mass is 292 g/mol. The number of aromatic nitrogens is 2. The minimum atomic E-state index is 0.979. The summed E-state index contributed by atoms with van der Waals surface area (Å²) < 4.78 is 0. The third-order valence-corrected chi connectivity index (χ3v) is 4.62. The van der Waals surface area contributed by atoms with E-state index in [9.17, 15) is 0 Å². The molecule has 1 aromatic heterocycles. The summed E-state index contributed by atoms with van der Waals surface area (Å²) in [5.74, 6) is 1.12. The van der Waals surface area contributed by atoms with E-state index in [2.05, 4.69) is 35.6 Å². The number of nitrogens with one attached hydrogen (secondary N) is 1. The molecule has 1 aliphatic rings. The number of H-pyrrole nitrogens is 1. The van der Waals surface area contributed by atoms with Crippen molar-refractivity contribution in [3.63, 3.8) is 0 Å². The van der Waals surface area contributed by atoms with Gasteiger partial charge < -0.3 is 9.88 Å². The van der Waals surface area contributed by atoms with E-state index in [0.29, 0.717) is 0 Å². The summed E-state index contributed by atoms with van der Waals surface area (Å²) in [6, 6.07) is 0. The van der Waals surface area contributed by atoms with Crippen molar-refractivity contribution in [1.82, 2.24) is 19.8 Å². The number of likely N-dealkylation sites (N-methyl/N-ethyl adjacent to an activating group) is 1. The normalized spacial score (nSPS) is 17.3. The van der Waals surface area contributed by atoms with Crippen LogP contribution in [-0.4, -0.2) is 52.5 Å². The van der Waals surface area contributed by atoms with Gasteiger partial charge in [0.15, 0.2) is 0 Å². The van der Waals surface area contributed by atoms with Gasteiger partial charge in [0.1, 0.15) is 5.82 Å². The lowest BCUT2D eigenvalue weighted by molar-refractivity contribution is 0.206. The predicted octanol–water partition coefficient (Wildman–Crippen LogP) is 2.98. The van der Waals surface area contributed by atoms with Crippen LogP contribution < -0.4 is 0 Å². The highest BCUT2D eigenvalue weighted by Gasteiger charge is 2.13. The Hall–Kier alpha value is -0.870. The zero-order chi connectivity index (χ0) is 15.1. The summed E-state index contributed by atoms with van der Waals surface area (Å²) in [6.07, 6.45) is 6.58. The fourth-order valence-corrected chi connectivity index (χ4v) is 3.09. The molecule has 0 radical (unpaired) electrons. The van der Waals surface area contributed by atoms with Crippen molar-refractivity contribution in [3.8, 4) is 0 Å². The molecular formula is C17H32N4. The summed E-state index contributed by atoms with van der Waals surface area (Å²) in [6.45, 7) is 13.6. The molecule has 0 bridgehead atoms. The minimum absolute atomic E-state index is 0.979. The van der Waals surface area contributed by atoms with Gasteiger partial charge in [0.25, 0.3) is 0 Å². The van der Waals surface area contributed by atoms with Crippen molar-refractivity contribution in [1.29, 1.82) is 0 Å². The van der Waals surface area contributed by atoms with E-state index in [4.69, 9.17) is 4.98 Å². The molecule has 21 heavy (non-hydrogen) atoms. The zero-order valence-corrected chi connectivity index (χ0v) is 14.1. The van der Waals surface area contributed by atoms with Gasteiger partial charge in [-0.15, -0.1) is 0 Å². The SMILES string of the molecule is CCc1nc(CN(CC)CCN2CCCCCC2)c(C)[nH]1. The van der Waals surface area contributed by atoms with Crippen LogP contribution >= 0.6 is 0 Å². The summed E-state index contributed by atoms with van der Waals surface area (Å²) in [7, 11) is 0. The Morgan fingerprint density at radius 3 is 2.43 bits per heavy atom. The number of imidazole rings is 1. The molecule has 0 atom stereocenters. The molecule has 0 aromatic carbocycles. The van der Waals surface area contributed by atoms with Gasteiger partial charge in [-0.05, 0) is 39.4 Å². The molecule has 0 unspecified atom stereocenters. The predicted molar refractivity (Wildman–Crippen MR) is 88.6 cm³/mol. The van der Waals surface area contributed by atoms with E-state index in [0.717, 1.165) is 31.9 Å². The van der Waals surface area contributed by atoms with Gasteiger partial charge in [0.2, 0.25) is 0 Å². The topological polar surface area (TPSA) is 35.2 Å². The van der Waals surface area contributed by atoms with Gasteiger partial charge in [0.05, 0.1) is 5.69 Å². The number of aromatic amines is 1. The maximum atomic E-state index is 4.71. The molecule has 0 spiro atoms. The van der Waals surface area contributed by atoms with Crippen LogP contribution in [0.4, 0.5) is 0 Å². The van der Waals surface area contributed by atoms with Gasteiger partial charge in [-0.3, -0.25) is 4.90 Å². The van der Waals surface area contributed by atoms with Crippen LogP contribution in [0.2, 0.25) is 0 Å². The Balaban J connectivity index is 1.83. The molecule has 2 heterocycles. The van der Waals surface area contributed by atoms with Crippen LogP contribution in [0.5, 0.6) is 0 Å². The Labute approximate surface area is 129 Å². The van der Waals surface area contributed by atoms with Crippen molar-refractivity contribution in [3.05, 3.63) is 17.2 Å². The second-order valence-electron chi connectivity index (χ2n) is 6.23. The molecule has 0 saturated carbocycles. The second kappa shape index (κ2) is 8.54. The molecule has 120 valence electrons. The van der Waals surface area contributed by atoms with Crippen LogP contribution in [0, 0.1) is 6.92 Å². The fraction of sp³-hybridized carbons (Fsp3) is 0.824. The Morgan fingerprint density at radius 1 is 1.14 bits per heavy atom. The molecule has 1 saturated heterocycles. The van der Waals surface area contributed by atoms with E-state index in [1.807, 2.05) is 0 Å². The molecule has 1 N–H and O–H groups in total. The van der Waals surface area contributed by atoms with Gasteiger partial charge in [-0.25, -0.2) is 4.98 Å². The van der Waals surface area contributed by atoms with Crippen molar-refractivity contribution in [2.45, 2.75) is 59.4 Å². The van der Waals surface area contributed by atoms with Gasteiger partial charge in [-0.1, -0.05) is 26.7 Å². The molecule has 4 nitrogen and oxygen atoms in total. The standard InChI is InChI=1S/C17H32N4/c1-4-17-18-15(3)16(19-17)14-20(5-2)12-13-21-10-8-6-7-9-11-21/h4-14H2,1-3H3,(H,18,19). The number of aryl methyl sites for hydroxylation is 2. The van der Waals surface area contributed by atoms with Gasteiger partial charge in [-0.2, -0.15) is 0 Å². The summed E-state index contributed by atoms with van der Waals surface area (Å²) >= 11 is 0. The van der Waals surface area contributed by atoms with Gasteiger partial charge in [0, 0.05) is 31.7 Å². The minimum Gasteiger partial charge on any atom is -0.346 e. The smallest absolute Gasteiger partial charge is 0.106 e. The van der Waals surface area contributed by atoms with E-state index in [1.165, 1.54) is 56.7 Å². The van der Waals surface area contributed by atoms with E-state index >= 15 is 0 Å². The number of hydrogen-bond acceptors (Lipinski definition) is 3. The second-order valence-corrected chi connectivity index (χ2v) is 6.23. The van der Waals surface area contributed by atoms with Crippen molar-refractivity contribution in [2.24, 2.45) is 0 Å². The van der Waals surface area contributed by atoms with Crippen molar-refractivity contribution < 1.29 is 0 Å². The molecule has 0 amide bonds. The van der Waals surface area contributed by atoms with E-state index in [1.54, 1.807) is 0 Å². The lowest BCUT2D eigenvalue weighted by Gasteiger charge is -2.25. The van der Waals surface area contributed by atoms with Crippen LogP contribution in [0.1, 0.15) is 56.7 Å². The maximum absolute atomic E-state index is 4.71. The quantitative estimate of drug-likeness (QED) is 0.839. The average Bonchev–Trinajstić information content (AvgIpc) is 2.69. The largest absolute Gasteiger partial charge is 0.346 e. The van der Waals surface area contributed by atoms with Crippen LogP contribution in [-0.2, 0) is 13.0 Å². The van der Waals surface area contributed by atoms with Gasteiger partial charge >= 0.3 is 0 Å². The van der Waals surface area contributed by atoms with Crippen molar-refractivity contribution >= 4 is 0 Å². The summed E-state index contributed by atoms with van der Waals surface area (Å²) in [4.78, 5) is 13.3. The lowest BCUT2D eigenvalue weighted by atomic mass is 10.2. The maximum Gasteiger partial charge on any atom is 0.106 e. The molecule has 1 fully saturated rings. The number of hydrogen-bond donors (Lipinski definition) is 1. The molecule has 1 aliphatic heterocycles. The lowest BCUT2D eigenvalue weighted by Crippen LogP contribution is -2.35. The first kappa shape index (κ1) is 16.5. The Morgan fingerprint density at radius 2 is 1.86 bits per heavy atom. The third kappa shape index (κ3) is 5.11. The summed E-state index contributed by atoms with van der Waals surface area (Å²) in [5, 5.41) is 0. The first-order valence-electron chi connectivity index (χ1n) is 8.72. The zero-order valence-electron chi connectivity index (χ0n) is 14.1. The Kier molecular flexibility index (Phi) is 6.71. The highest BCUT2D eigenvalue weighted by molar-refractivity contribution is 5.13. The highest BCUT2D eigenvalue weighted by Crippen LogP contribution is 2.11. The molecule has 2 rings (SSSR count). The third-order valence-electron chi connectivity index (χ3n) is 4.62. The van der Waals surface area contributed by atoms with Crippen LogP contribution in [0.25, 0.3) is 0 Å². The first-order chi connectivity index (χ1) is 10.2. The average molecular weight is 292 g/mol. The van der Waals surface area contributed by atoms with Crippen LogP contribution in [0.3, 0.4) is 0 Å². The van der Waals surface area contributed by atoms with Crippen molar-refractivity contribution in [2.75, 3.05) is 32.7 Å². The van der Waals surface area contributed by atoms with E-state index in [-0.39, 0.29) is 0 Å². The number of nitrogens with zero attached hydrogens (tertiary/aromatic N) is 3. The number of rotatable bonds is 7. The Bertz CT molecular complexity index is 405. The fourth-order valence-electron chi connectivity index (χ4n) is 3.09. The summed E-state index contributed by atoms with van der Waals surface area (Å²) in [5.41, 5.74) is 2.46. The number of likely N-dealkylation sites (tertiary alicyclic amines) is 1. The molecule has 4 heteroatoms. The van der Waals surface area contributed by atoms with Crippen LogP contribution in [0.15, 0.2) is 0 Å². The highest BCUT2D eigenvalue weighted by atomic mass is 15.2.